The van der Waals surface area contributed by atoms with Gasteiger partial charge in [0.25, 0.3) is 5.82 Å². The first kappa shape index (κ1) is 55.2. The van der Waals surface area contributed by atoms with Gasteiger partial charge in [-0.1, -0.05) is 290 Å². The van der Waals surface area contributed by atoms with Gasteiger partial charge in [0.05, 0.1) is 13.1 Å². The second-order valence-corrected chi connectivity index (χ2v) is 19.4. The van der Waals surface area contributed by atoms with Crippen LogP contribution in [0.25, 0.3) is 0 Å². The fraction of sp³-hybridized carbons (Fsp3) is 0.946. The van der Waals surface area contributed by atoms with Crippen LogP contribution in [-0.4, -0.2) is 4.57 Å². The van der Waals surface area contributed by atoms with Crippen LogP contribution >= 0.6 is 0 Å². The van der Waals surface area contributed by atoms with Crippen molar-refractivity contribution in [3.63, 3.8) is 0 Å². The third-order valence-corrected chi connectivity index (χ3v) is 13.6. The Morgan fingerprint density at radius 3 is 0.828 bits per heavy atom. The first-order valence-corrected chi connectivity index (χ1v) is 27.9. The maximum atomic E-state index is 2.67. The summed E-state index contributed by atoms with van der Waals surface area (Å²) in [5.74, 6) is 1.64. The van der Waals surface area contributed by atoms with Gasteiger partial charge in [-0.15, -0.1) is 0 Å². The van der Waals surface area contributed by atoms with Crippen LogP contribution in [0.15, 0.2) is 12.4 Å². The quantitative estimate of drug-likeness (QED) is 0.0458. The molecule has 0 bridgehead atoms. The Kier molecular flexibility index (Phi) is 45.0. The molecule has 1 rings (SSSR count). The van der Waals surface area contributed by atoms with Crippen LogP contribution in [-0.2, 0) is 19.5 Å². The minimum atomic E-state index is 1.23. The summed E-state index contributed by atoms with van der Waals surface area (Å²) in [6.45, 7) is 9.42. The van der Waals surface area contributed by atoms with Crippen molar-refractivity contribution in [1.29, 1.82) is 0 Å². The molecule has 1 aromatic rings. The van der Waals surface area contributed by atoms with Crippen molar-refractivity contribution in [3.8, 4) is 0 Å². The Morgan fingerprint density at radius 1 is 0.293 bits per heavy atom. The smallest absolute Gasteiger partial charge is 0.234 e. The fourth-order valence-corrected chi connectivity index (χ4v) is 9.51. The number of aryl methyl sites for hydroxylation is 2. The summed E-state index contributed by atoms with van der Waals surface area (Å²) in [5, 5.41) is 0. The number of aromatic nitrogens is 2. The minimum absolute atomic E-state index is 1.23. The van der Waals surface area contributed by atoms with Gasteiger partial charge in [-0.05, 0) is 32.1 Å². The van der Waals surface area contributed by atoms with Crippen LogP contribution in [0.5, 0.6) is 0 Å². The molecule has 0 N–H and O–H groups in total. The summed E-state index contributed by atoms with van der Waals surface area (Å²) >= 11 is 0. The molecule has 0 aliphatic rings. The predicted octanol–water partition coefficient (Wildman–Crippen LogP) is 19.7. The molecule has 2 nitrogen and oxygen atoms in total. The molecule has 0 aromatic carbocycles. The van der Waals surface area contributed by atoms with E-state index in [0.29, 0.717) is 0 Å². The van der Waals surface area contributed by atoms with Crippen molar-refractivity contribution in [2.45, 2.75) is 342 Å². The normalized spacial score (nSPS) is 11.7. The van der Waals surface area contributed by atoms with Gasteiger partial charge in [0.1, 0.15) is 12.4 Å². The molecule has 0 aliphatic carbocycles. The number of rotatable bonds is 50. The topological polar surface area (TPSA) is 8.81 Å². The van der Waals surface area contributed by atoms with E-state index in [-0.39, 0.29) is 0 Å². The van der Waals surface area contributed by atoms with Crippen LogP contribution in [0.4, 0.5) is 0 Å². The van der Waals surface area contributed by atoms with Crippen molar-refractivity contribution in [3.05, 3.63) is 18.2 Å². The van der Waals surface area contributed by atoms with Crippen molar-refractivity contribution in [2.75, 3.05) is 0 Å². The van der Waals surface area contributed by atoms with E-state index in [0.717, 1.165) is 0 Å². The molecule has 0 unspecified atom stereocenters. The predicted molar refractivity (Wildman–Crippen MR) is 262 cm³/mol. The Balaban J connectivity index is 2.24. The van der Waals surface area contributed by atoms with Gasteiger partial charge in [0.15, 0.2) is 0 Å². The van der Waals surface area contributed by atoms with E-state index < -0.39 is 0 Å². The zero-order chi connectivity index (χ0) is 41.5. The molecule has 344 valence electrons. The highest BCUT2D eigenvalue weighted by atomic mass is 15.1. The largest absolute Gasteiger partial charge is 0.256 e. The fourth-order valence-electron chi connectivity index (χ4n) is 9.51. The van der Waals surface area contributed by atoms with Crippen LogP contribution < -0.4 is 4.57 Å². The summed E-state index contributed by atoms with van der Waals surface area (Å²) in [6.07, 6.45) is 74.3. The molecule has 0 saturated heterocycles. The molecule has 1 heterocycles. The van der Waals surface area contributed by atoms with Crippen molar-refractivity contribution in [2.24, 2.45) is 0 Å². The summed E-state index contributed by atoms with van der Waals surface area (Å²) in [5.41, 5.74) is 0. The standard InChI is InChI=1S/C56H111N2/c1-4-7-10-13-16-19-22-25-28-30-33-36-39-42-45-48-51-56-57(52-49-46-43-40-37-34-31-27-24-21-18-15-12-9-6-3)54-55-58(56)53-50-47-44-41-38-35-32-29-26-23-20-17-14-11-8-5-2/h54-55H,4-53H2,1-3H3/q+1. The molecule has 0 spiro atoms. The van der Waals surface area contributed by atoms with Crippen molar-refractivity contribution >= 4 is 0 Å². The summed E-state index contributed by atoms with van der Waals surface area (Å²) in [4.78, 5) is 0. The molecule has 0 saturated carbocycles. The van der Waals surface area contributed by atoms with E-state index in [2.05, 4.69) is 42.3 Å². The Bertz CT molecular complexity index is 887. The summed E-state index contributed by atoms with van der Waals surface area (Å²) in [6, 6.07) is 0. The molecular formula is C56H111N2+. The van der Waals surface area contributed by atoms with Gasteiger partial charge in [-0.25, -0.2) is 9.13 Å². The first-order chi connectivity index (χ1) is 28.8. The van der Waals surface area contributed by atoms with Gasteiger partial charge in [0.2, 0.25) is 0 Å². The number of imidazole rings is 1. The van der Waals surface area contributed by atoms with Gasteiger partial charge >= 0.3 is 0 Å². The maximum absolute atomic E-state index is 2.67. The van der Waals surface area contributed by atoms with Crippen molar-refractivity contribution in [1.82, 2.24) is 4.57 Å². The average Bonchev–Trinajstić information content (AvgIpc) is 3.62. The highest BCUT2D eigenvalue weighted by molar-refractivity contribution is 4.84. The highest BCUT2D eigenvalue weighted by Gasteiger charge is 2.16. The number of unbranched alkanes of at least 4 members (excludes halogenated alkanes) is 44. The summed E-state index contributed by atoms with van der Waals surface area (Å²) < 4.78 is 5.33. The number of nitrogens with zero attached hydrogens (tertiary/aromatic N) is 2. The van der Waals surface area contributed by atoms with E-state index >= 15 is 0 Å². The third kappa shape index (κ3) is 38.2. The van der Waals surface area contributed by atoms with Crippen LogP contribution in [0.2, 0.25) is 0 Å². The van der Waals surface area contributed by atoms with Crippen LogP contribution in [0.3, 0.4) is 0 Å². The lowest BCUT2D eigenvalue weighted by Crippen LogP contribution is -2.37. The first-order valence-electron chi connectivity index (χ1n) is 27.9. The Morgan fingerprint density at radius 2 is 0.534 bits per heavy atom. The number of hydrogen-bond donors (Lipinski definition) is 0. The van der Waals surface area contributed by atoms with E-state index in [4.69, 9.17) is 0 Å². The SMILES string of the molecule is CCCCCCCCCCCCCCCCCCc1n(CCCCCCCCCCCCCCCCCC)cc[n+]1CCCCCCCCCCCCCCCCC. The van der Waals surface area contributed by atoms with Gasteiger partial charge in [-0.2, -0.15) is 0 Å². The van der Waals surface area contributed by atoms with Gasteiger partial charge in [-0.3, -0.25) is 0 Å². The molecule has 58 heavy (non-hydrogen) atoms. The van der Waals surface area contributed by atoms with Gasteiger partial charge in [0, 0.05) is 6.42 Å². The molecule has 0 aliphatic heterocycles. The van der Waals surface area contributed by atoms with E-state index in [1.165, 1.54) is 321 Å². The van der Waals surface area contributed by atoms with E-state index in [9.17, 15) is 0 Å². The van der Waals surface area contributed by atoms with E-state index in [1.54, 1.807) is 5.82 Å². The lowest BCUT2D eigenvalue weighted by molar-refractivity contribution is -0.704. The zero-order valence-electron chi connectivity index (χ0n) is 40.9. The monoisotopic (exact) mass is 812 g/mol. The molecule has 2 heteroatoms. The van der Waals surface area contributed by atoms with Crippen LogP contribution in [0.1, 0.15) is 328 Å². The zero-order valence-corrected chi connectivity index (χ0v) is 40.9. The Labute approximate surface area is 368 Å². The van der Waals surface area contributed by atoms with Crippen molar-refractivity contribution < 1.29 is 4.57 Å². The average molecular weight is 813 g/mol. The highest BCUT2D eigenvalue weighted by Crippen LogP contribution is 2.18. The number of hydrogen-bond acceptors (Lipinski definition) is 0. The Hall–Kier alpha value is -0.790. The molecule has 1 aromatic heterocycles. The molecular weight excluding hydrogens is 701 g/mol. The van der Waals surface area contributed by atoms with Gasteiger partial charge < -0.3 is 0 Å². The summed E-state index contributed by atoms with van der Waals surface area (Å²) in [7, 11) is 0. The maximum Gasteiger partial charge on any atom is 0.256 e. The second-order valence-electron chi connectivity index (χ2n) is 19.4. The second kappa shape index (κ2) is 47.3. The van der Waals surface area contributed by atoms with Crippen LogP contribution in [0, 0.1) is 0 Å². The lowest BCUT2D eigenvalue weighted by Gasteiger charge is -2.07. The molecule has 0 fully saturated rings. The third-order valence-electron chi connectivity index (χ3n) is 13.6. The molecule has 0 atom stereocenters. The molecule has 0 radical (unpaired) electrons. The molecule has 0 amide bonds. The lowest BCUT2D eigenvalue weighted by atomic mass is 10.0. The minimum Gasteiger partial charge on any atom is -0.234 e. The van der Waals surface area contributed by atoms with E-state index in [1.807, 2.05) is 0 Å².